The second kappa shape index (κ2) is 10.2. The molecule has 0 saturated heterocycles. The predicted molar refractivity (Wildman–Crippen MR) is 96.4 cm³/mol. The minimum absolute atomic E-state index is 0.728. The summed E-state index contributed by atoms with van der Waals surface area (Å²) >= 11 is 0. The first kappa shape index (κ1) is 18.5. The number of hydrogen-bond donors (Lipinski definition) is 1. The third-order valence-corrected chi connectivity index (χ3v) is 6.34. The molecule has 0 aromatic heterocycles. The van der Waals surface area contributed by atoms with Crippen molar-refractivity contribution in [3.8, 4) is 0 Å². The lowest BCUT2D eigenvalue weighted by atomic mass is 9.74. The third-order valence-electron chi connectivity index (χ3n) is 6.34. The van der Waals surface area contributed by atoms with Crippen LogP contribution in [-0.2, 0) is 4.79 Å². The maximum Gasteiger partial charge on any atom is 0.327 e. The molecule has 0 aromatic rings. The van der Waals surface area contributed by atoms with E-state index in [1.807, 2.05) is 6.08 Å². The van der Waals surface area contributed by atoms with Crippen molar-refractivity contribution < 1.29 is 9.90 Å². The Kier molecular flexibility index (Phi) is 8.19. The lowest BCUT2D eigenvalue weighted by Crippen LogP contribution is -2.18. The summed E-state index contributed by atoms with van der Waals surface area (Å²) in [4.78, 5) is 10.5. The Bertz CT molecular complexity index is 358. The van der Waals surface area contributed by atoms with Crippen molar-refractivity contribution in [2.75, 3.05) is 0 Å². The molecular weight excluding hydrogens is 284 g/mol. The fourth-order valence-electron chi connectivity index (χ4n) is 4.81. The van der Waals surface area contributed by atoms with Gasteiger partial charge in [0, 0.05) is 6.08 Å². The van der Waals surface area contributed by atoms with E-state index in [-0.39, 0.29) is 0 Å². The van der Waals surface area contributed by atoms with E-state index >= 15 is 0 Å². The van der Waals surface area contributed by atoms with Gasteiger partial charge in [0.05, 0.1) is 0 Å². The van der Waals surface area contributed by atoms with Crippen molar-refractivity contribution in [2.24, 2.45) is 23.7 Å². The van der Waals surface area contributed by atoms with Crippen molar-refractivity contribution in [1.29, 1.82) is 0 Å². The number of hydrogen-bond acceptors (Lipinski definition) is 1. The highest BCUT2D eigenvalue weighted by Crippen LogP contribution is 2.38. The van der Waals surface area contributed by atoms with Gasteiger partial charge in [0.1, 0.15) is 0 Å². The molecule has 2 fully saturated rings. The SMILES string of the molecule is CCC[C@H]1CC[C@H](CC[C@H]2CC[C@H](C/C=C/C(=O)O)CC2)CC1. The highest BCUT2D eigenvalue weighted by Gasteiger charge is 2.24. The van der Waals surface area contributed by atoms with Crippen LogP contribution in [-0.4, -0.2) is 11.1 Å². The number of allylic oxidation sites excluding steroid dienone is 1. The second-order valence-electron chi connectivity index (χ2n) is 8.12. The molecule has 1 N–H and O–H groups in total. The van der Waals surface area contributed by atoms with Gasteiger partial charge in [-0.3, -0.25) is 0 Å². The summed E-state index contributed by atoms with van der Waals surface area (Å²) in [6.45, 7) is 2.32. The average molecular weight is 321 g/mol. The normalized spacial score (nSPS) is 32.2. The molecule has 132 valence electrons. The van der Waals surface area contributed by atoms with Crippen LogP contribution in [0.15, 0.2) is 12.2 Å². The topological polar surface area (TPSA) is 37.3 Å². The Morgan fingerprint density at radius 2 is 1.26 bits per heavy atom. The van der Waals surface area contributed by atoms with Crippen molar-refractivity contribution in [2.45, 2.75) is 90.4 Å². The standard InChI is InChI=1S/C21H36O2/c1-2-4-17-7-11-19(12-8-17)15-16-20-13-9-18(10-14-20)5-3-6-21(22)23/h3,6,17-20H,2,4-5,7-16H2,1H3,(H,22,23)/b6-3+/t17-,18-,19-,20-. The van der Waals surface area contributed by atoms with Gasteiger partial charge in [-0.15, -0.1) is 0 Å². The molecule has 0 atom stereocenters. The van der Waals surface area contributed by atoms with E-state index < -0.39 is 5.97 Å². The summed E-state index contributed by atoms with van der Waals surface area (Å²) in [5.41, 5.74) is 0. The van der Waals surface area contributed by atoms with Gasteiger partial charge >= 0.3 is 5.97 Å². The molecule has 0 unspecified atom stereocenters. The van der Waals surface area contributed by atoms with Crippen molar-refractivity contribution in [1.82, 2.24) is 0 Å². The molecule has 0 heterocycles. The molecule has 2 aliphatic rings. The zero-order valence-electron chi connectivity index (χ0n) is 15.0. The van der Waals surface area contributed by atoms with E-state index in [0.717, 1.165) is 30.1 Å². The molecule has 0 amide bonds. The van der Waals surface area contributed by atoms with Crippen LogP contribution in [0.3, 0.4) is 0 Å². The second-order valence-corrected chi connectivity index (χ2v) is 8.12. The minimum Gasteiger partial charge on any atom is -0.478 e. The minimum atomic E-state index is -0.813. The Morgan fingerprint density at radius 3 is 1.70 bits per heavy atom. The number of rotatable bonds is 8. The van der Waals surface area contributed by atoms with E-state index in [9.17, 15) is 4.79 Å². The predicted octanol–water partition coefficient (Wildman–Crippen LogP) is 6.21. The largest absolute Gasteiger partial charge is 0.478 e. The Labute approximate surface area is 142 Å². The fraction of sp³-hybridized carbons (Fsp3) is 0.857. The lowest BCUT2D eigenvalue weighted by Gasteiger charge is -2.31. The summed E-state index contributed by atoms with van der Waals surface area (Å²) in [7, 11) is 0. The first-order valence-corrected chi connectivity index (χ1v) is 10.1. The molecule has 2 aliphatic carbocycles. The maximum absolute atomic E-state index is 10.5. The quantitative estimate of drug-likeness (QED) is 0.540. The summed E-state index contributed by atoms with van der Waals surface area (Å²) < 4.78 is 0. The first-order valence-electron chi connectivity index (χ1n) is 10.1. The molecule has 0 bridgehead atoms. The molecule has 0 spiro atoms. The van der Waals surface area contributed by atoms with Crippen molar-refractivity contribution >= 4 is 5.97 Å². The van der Waals surface area contributed by atoms with E-state index in [0.29, 0.717) is 0 Å². The van der Waals surface area contributed by atoms with E-state index in [1.54, 1.807) is 0 Å². The van der Waals surface area contributed by atoms with Crippen molar-refractivity contribution in [3.63, 3.8) is 0 Å². The van der Waals surface area contributed by atoms with Gasteiger partial charge in [0.2, 0.25) is 0 Å². The Morgan fingerprint density at radius 1 is 0.826 bits per heavy atom. The number of carboxylic acids is 1. The highest BCUT2D eigenvalue weighted by molar-refractivity contribution is 5.79. The highest BCUT2D eigenvalue weighted by atomic mass is 16.4. The molecule has 0 aliphatic heterocycles. The van der Waals surface area contributed by atoms with Crippen LogP contribution in [0.1, 0.15) is 90.4 Å². The fourth-order valence-corrected chi connectivity index (χ4v) is 4.81. The van der Waals surface area contributed by atoms with Gasteiger partial charge in [-0.25, -0.2) is 4.79 Å². The van der Waals surface area contributed by atoms with Gasteiger partial charge in [-0.2, -0.15) is 0 Å². The summed E-state index contributed by atoms with van der Waals surface area (Å²) in [6.07, 6.45) is 21.1. The zero-order chi connectivity index (χ0) is 16.5. The van der Waals surface area contributed by atoms with Crippen LogP contribution in [0.5, 0.6) is 0 Å². The van der Waals surface area contributed by atoms with Crippen LogP contribution in [0.2, 0.25) is 0 Å². The molecule has 23 heavy (non-hydrogen) atoms. The average Bonchev–Trinajstić information content (AvgIpc) is 2.55. The lowest BCUT2D eigenvalue weighted by molar-refractivity contribution is -0.131. The maximum atomic E-state index is 10.5. The van der Waals surface area contributed by atoms with Crippen LogP contribution in [0.4, 0.5) is 0 Å². The number of aliphatic carboxylic acids is 1. The Balaban J connectivity index is 1.56. The van der Waals surface area contributed by atoms with E-state index in [4.69, 9.17) is 5.11 Å². The van der Waals surface area contributed by atoms with Gasteiger partial charge < -0.3 is 5.11 Å². The number of carbonyl (C=O) groups is 1. The first-order chi connectivity index (χ1) is 11.2. The van der Waals surface area contributed by atoms with E-state index in [1.165, 1.54) is 83.1 Å². The van der Waals surface area contributed by atoms with Gasteiger partial charge in [0.15, 0.2) is 0 Å². The zero-order valence-corrected chi connectivity index (χ0v) is 15.0. The van der Waals surface area contributed by atoms with Crippen molar-refractivity contribution in [3.05, 3.63) is 12.2 Å². The smallest absolute Gasteiger partial charge is 0.327 e. The third kappa shape index (κ3) is 7.10. The van der Waals surface area contributed by atoms with Crippen LogP contribution in [0, 0.1) is 23.7 Å². The van der Waals surface area contributed by atoms with E-state index in [2.05, 4.69) is 6.92 Å². The Hall–Kier alpha value is -0.790. The molecule has 0 aromatic carbocycles. The summed E-state index contributed by atoms with van der Waals surface area (Å²) in [5.74, 6) is 2.91. The number of carboxylic acid groups (broad SMARTS) is 1. The summed E-state index contributed by atoms with van der Waals surface area (Å²) in [6, 6.07) is 0. The molecule has 2 nitrogen and oxygen atoms in total. The van der Waals surface area contributed by atoms with Gasteiger partial charge in [-0.1, -0.05) is 77.2 Å². The van der Waals surface area contributed by atoms with Gasteiger partial charge in [0.25, 0.3) is 0 Å². The molecular formula is C21H36O2. The van der Waals surface area contributed by atoms with Gasteiger partial charge in [-0.05, 0) is 42.9 Å². The van der Waals surface area contributed by atoms with Crippen LogP contribution < -0.4 is 0 Å². The van der Waals surface area contributed by atoms with Crippen LogP contribution >= 0.6 is 0 Å². The molecule has 2 saturated carbocycles. The molecule has 0 radical (unpaired) electrons. The summed E-state index contributed by atoms with van der Waals surface area (Å²) in [5, 5.41) is 8.64. The molecule has 2 heteroatoms. The monoisotopic (exact) mass is 320 g/mol. The van der Waals surface area contributed by atoms with Crippen LogP contribution in [0.25, 0.3) is 0 Å². The molecule has 2 rings (SSSR count).